The molecule has 1 saturated heterocycles. The number of rotatable bonds is 6. The zero-order chi connectivity index (χ0) is 15.4. The van der Waals surface area contributed by atoms with E-state index < -0.39 is 6.04 Å². The summed E-state index contributed by atoms with van der Waals surface area (Å²) in [6, 6.07) is 7.11. The van der Waals surface area contributed by atoms with Gasteiger partial charge in [0.2, 0.25) is 0 Å². The highest BCUT2D eigenvalue weighted by Crippen LogP contribution is 2.15. The van der Waals surface area contributed by atoms with Crippen LogP contribution in [0.25, 0.3) is 0 Å². The highest BCUT2D eigenvalue weighted by molar-refractivity contribution is 6.04. The molecular weight excluding hydrogens is 268 g/mol. The average Bonchev–Trinajstić information content (AvgIpc) is 2.71. The van der Waals surface area contributed by atoms with E-state index in [1.807, 2.05) is 45.0 Å². The monoisotopic (exact) mass is 290 g/mol. The smallest absolute Gasteiger partial charge is 0.324 e. The molecular formula is C16H22N2O3. The number of hydrogen-bond acceptors (Lipinski definition) is 3. The van der Waals surface area contributed by atoms with E-state index in [2.05, 4.69) is 5.32 Å². The average molecular weight is 290 g/mol. The van der Waals surface area contributed by atoms with Crippen molar-refractivity contribution in [2.45, 2.75) is 33.2 Å². The molecule has 0 bridgehead atoms. The lowest BCUT2D eigenvalue weighted by Gasteiger charge is -2.14. The highest BCUT2D eigenvalue weighted by atomic mass is 16.5. The molecule has 1 heterocycles. The summed E-state index contributed by atoms with van der Waals surface area (Å²) in [7, 11) is 0. The minimum Gasteiger partial charge on any atom is -0.494 e. The van der Waals surface area contributed by atoms with Crippen molar-refractivity contribution in [3.8, 4) is 5.75 Å². The summed E-state index contributed by atoms with van der Waals surface area (Å²) in [4.78, 5) is 25.1. The number of carbonyl (C=O) groups excluding carboxylic acids is 2. The van der Waals surface area contributed by atoms with Gasteiger partial charge in [0.05, 0.1) is 6.61 Å². The summed E-state index contributed by atoms with van der Waals surface area (Å²) < 4.78 is 5.62. The largest absolute Gasteiger partial charge is 0.494 e. The van der Waals surface area contributed by atoms with Gasteiger partial charge in [-0.3, -0.25) is 9.69 Å². The summed E-state index contributed by atoms with van der Waals surface area (Å²) in [5, 5.41) is 2.72. The van der Waals surface area contributed by atoms with Crippen LogP contribution in [0.5, 0.6) is 5.75 Å². The second kappa shape index (κ2) is 6.61. The SMILES string of the molecule is Cc1cccc(OCCCN2C(=O)NC(C(C)C)C2=O)c1. The number of nitrogens with one attached hydrogen (secondary N) is 1. The molecule has 1 aromatic carbocycles. The van der Waals surface area contributed by atoms with Gasteiger partial charge in [0.15, 0.2) is 0 Å². The van der Waals surface area contributed by atoms with Gasteiger partial charge in [-0.1, -0.05) is 26.0 Å². The van der Waals surface area contributed by atoms with Gasteiger partial charge in [0, 0.05) is 6.54 Å². The third-order valence-electron chi connectivity index (χ3n) is 3.51. The molecule has 0 aliphatic carbocycles. The van der Waals surface area contributed by atoms with E-state index in [-0.39, 0.29) is 17.9 Å². The van der Waals surface area contributed by atoms with Gasteiger partial charge < -0.3 is 10.1 Å². The number of imide groups is 1. The van der Waals surface area contributed by atoms with Crippen LogP contribution in [0.4, 0.5) is 4.79 Å². The molecule has 2 rings (SSSR count). The molecule has 5 heteroatoms. The first kappa shape index (κ1) is 15.4. The number of urea groups is 1. The Morgan fingerprint density at radius 2 is 2.10 bits per heavy atom. The van der Waals surface area contributed by atoms with Crippen molar-refractivity contribution in [2.75, 3.05) is 13.2 Å². The molecule has 1 atom stereocenters. The third-order valence-corrected chi connectivity index (χ3v) is 3.51. The molecule has 1 aromatic rings. The lowest BCUT2D eigenvalue weighted by molar-refractivity contribution is -0.128. The highest BCUT2D eigenvalue weighted by Gasteiger charge is 2.38. The van der Waals surface area contributed by atoms with Crippen LogP contribution in [0, 0.1) is 12.8 Å². The molecule has 114 valence electrons. The number of ether oxygens (including phenoxy) is 1. The van der Waals surface area contributed by atoms with E-state index in [0.29, 0.717) is 19.6 Å². The van der Waals surface area contributed by atoms with Crippen molar-refractivity contribution in [1.29, 1.82) is 0 Å². The maximum absolute atomic E-state index is 12.1. The van der Waals surface area contributed by atoms with Gasteiger partial charge in [0.25, 0.3) is 5.91 Å². The molecule has 21 heavy (non-hydrogen) atoms. The van der Waals surface area contributed by atoms with Crippen molar-refractivity contribution in [1.82, 2.24) is 10.2 Å². The Kier molecular flexibility index (Phi) is 4.83. The van der Waals surface area contributed by atoms with Crippen LogP contribution < -0.4 is 10.1 Å². The van der Waals surface area contributed by atoms with Gasteiger partial charge in [-0.15, -0.1) is 0 Å². The molecule has 1 aliphatic heterocycles. The maximum atomic E-state index is 12.1. The molecule has 1 fully saturated rings. The van der Waals surface area contributed by atoms with E-state index in [0.717, 1.165) is 11.3 Å². The molecule has 1 unspecified atom stereocenters. The fourth-order valence-electron chi connectivity index (χ4n) is 2.32. The van der Waals surface area contributed by atoms with Gasteiger partial charge in [-0.2, -0.15) is 0 Å². The van der Waals surface area contributed by atoms with Crippen molar-refractivity contribution < 1.29 is 14.3 Å². The van der Waals surface area contributed by atoms with Crippen LogP contribution in [0.1, 0.15) is 25.8 Å². The topological polar surface area (TPSA) is 58.6 Å². The van der Waals surface area contributed by atoms with Crippen LogP contribution in [0.15, 0.2) is 24.3 Å². The molecule has 5 nitrogen and oxygen atoms in total. The number of benzene rings is 1. The number of carbonyl (C=O) groups is 2. The standard InChI is InChI=1S/C16H22N2O3/c1-11(2)14-15(19)18(16(20)17-14)8-5-9-21-13-7-4-6-12(3)10-13/h4,6-7,10-11,14H,5,8-9H2,1-3H3,(H,17,20). The van der Waals surface area contributed by atoms with Crippen molar-refractivity contribution in [3.63, 3.8) is 0 Å². The minimum absolute atomic E-state index is 0.106. The van der Waals surface area contributed by atoms with E-state index >= 15 is 0 Å². The Labute approximate surface area is 125 Å². The molecule has 0 radical (unpaired) electrons. The van der Waals surface area contributed by atoms with E-state index in [1.54, 1.807) is 0 Å². The normalized spacial score (nSPS) is 18.3. The fraction of sp³-hybridized carbons (Fsp3) is 0.500. The van der Waals surface area contributed by atoms with Crippen LogP contribution in [-0.4, -0.2) is 36.0 Å². The van der Waals surface area contributed by atoms with E-state index in [1.165, 1.54) is 4.90 Å². The lowest BCUT2D eigenvalue weighted by atomic mass is 10.1. The van der Waals surface area contributed by atoms with Crippen molar-refractivity contribution in [3.05, 3.63) is 29.8 Å². The Bertz CT molecular complexity index is 528. The van der Waals surface area contributed by atoms with Crippen molar-refractivity contribution in [2.24, 2.45) is 5.92 Å². The molecule has 1 N–H and O–H groups in total. The predicted octanol–water partition coefficient (Wildman–Crippen LogP) is 2.34. The number of hydrogen-bond donors (Lipinski definition) is 1. The second-order valence-corrected chi connectivity index (χ2v) is 5.68. The van der Waals surface area contributed by atoms with E-state index in [9.17, 15) is 9.59 Å². The molecule has 0 spiro atoms. The number of amides is 3. The van der Waals surface area contributed by atoms with Crippen LogP contribution in [-0.2, 0) is 4.79 Å². The summed E-state index contributed by atoms with van der Waals surface area (Å²) in [6.45, 7) is 6.72. The summed E-state index contributed by atoms with van der Waals surface area (Å²) >= 11 is 0. The Morgan fingerprint density at radius 3 is 2.71 bits per heavy atom. The van der Waals surface area contributed by atoms with Gasteiger partial charge in [0.1, 0.15) is 11.8 Å². The lowest BCUT2D eigenvalue weighted by Crippen LogP contribution is -2.35. The second-order valence-electron chi connectivity index (χ2n) is 5.68. The third kappa shape index (κ3) is 3.74. The zero-order valence-electron chi connectivity index (χ0n) is 12.8. The Balaban J connectivity index is 1.78. The summed E-state index contributed by atoms with van der Waals surface area (Å²) in [5.41, 5.74) is 1.14. The minimum atomic E-state index is -0.393. The Morgan fingerprint density at radius 1 is 1.33 bits per heavy atom. The first-order chi connectivity index (χ1) is 9.99. The molecule has 1 aliphatic rings. The zero-order valence-corrected chi connectivity index (χ0v) is 12.8. The first-order valence-electron chi connectivity index (χ1n) is 7.30. The fourth-order valence-corrected chi connectivity index (χ4v) is 2.32. The van der Waals surface area contributed by atoms with Gasteiger partial charge in [-0.05, 0) is 37.0 Å². The summed E-state index contributed by atoms with van der Waals surface area (Å²) in [5.74, 6) is 0.785. The van der Waals surface area contributed by atoms with Crippen molar-refractivity contribution >= 4 is 11.9 Å². The van der Waals surface area contributed by atoms with Crippen LogP contribution >= 0.6 is 0 Å². The van der Waals surface area contributed by atoms with Gasteiger partial charge >= 0.3 is 6.03 Å². The summed E-state index contributed by atoms with van der Waals surface area (Å²) in [6.07, 6.45) is 0.623. The quantitative estimate of drug-likeness (QED) is 0.646. The molecule has 0 aromatic heterocycles. The number of aryl methyl sites for hydroxylation is 1. The van der Waals surface area contributed by atoms with Crippen LogP contribution in [0.2, 0.25) is 0 Å². The molecule has 3 amide bonds. The van der Waals surface area contributed by atoms with Gasteiger partial charge in [-0.25, -0.2) is 4.79 Å². The Hall–Kier alpha value is -2.04. The predicted molar refractivity (Wildman–Crippen MR) is 80.2 cm³/mol. The molecule has 0 saturated carbocycles. The first-order valence-corrected chi connectivity index (χ1v) is 7.30. The van der Waals surface area contributed by atoms with E-state index in [4.69, 9.17) is 4.74 Å². The maximum Gasteiger partial charge on any atom is 0.324 e. The number of nitrogens with zero attached hydrogens (tertiary/aromatic N) is 1. The van der Waals surface area contributed by atoms with Crippen LogP contribution in [0.3, 0.4) is 0 Å².